The van der Waals surface area contributed by atoms with E-state index in [9.17, 15) is 19.3 Å². The van der Waals surface area contributed by atoms with Crippen molar-refractivity contribution < 1.29 is 14.1 Å². The van der Waals surface area contributed by atoms with Crippen molar-refractivity contribution in [3.05, 3.63) is 69.5 Å². The molecule has 0 heterocycles. The number of halogens is 1. The van der Waals surface area contributed by atoms with Crippen LogP contribution in [0.3, 0.4) is 0 Å². The molecule has 2 aromatic carbocycles. The third kappa shape index (κ3) is 4.07. The molecule has 1 amide bonds. The summed E-state index contributed by atoms with van der Waals surface area (Å²) in [6, 6.07) is 9.95. The number of nitro benzene ring substituents is 1. The minimum atomic E-state index is -0.740. The molecule has 118 valence electrons. The first-order chi connectivity index (χ1) is 10.9. The van der Waals surface area contributed by atoms with Crippen molar-refractivity contribution in [2.24, 2.45) is 0 Å². The van der Waals surface area contributed by atoms with Crippen LogP contribution in [0.4, 0.5) is 15.8 Å². The van der Waals surface area contributed by atoms with E-state index in [4.69, 9.17) is 12.2 Å². The zero-order chi connectivity index (χ0) is 17.0. The topological polar surface area (TPSA) is 84.3 Å². The van der Waals surface area contributed by atoms with Crippen molar-refractivity contribution in [1.29, 1.82) is 0 Å². The zero-order valence-electron chi connectivity index (χ0n) is 12.0. The van der Waals surface area contributed by atoms with Gasteiger partial charge in [-0.3, -0.25) is 20.2 Å². The fraction of sp³-hybridized carbons (Fsp3) is 0.0667. The number of nitrogens with zero attached hydrogens (tertiary/aromatic N) is 1. The summed E-state index contributed by atoms with van der Waals surface area (Å²) in [7, 11) is 0. The van der Waals surface area contributed by atoms with Gasteiger partial charge in [0.25, 0.3) is 11.6 Å². The Labute approximate surface area is 136 Å². The predicted octanol–water partition coefficient (Wildman–Crippen LogP) is 3.17. The molecule has 0 unspecified atom stereocenters. The maximum Gasteiger partial charge on any atom is 0.292 e. The highest BCUT2D eigenvalue weighted by Gasteiger charge is 2.17. The lowest BCUT2D eigenvalue weighted by atomic mass is 10.2. The second-order valence-corrected chi connectivity index (χ2v) is 5.07. The Kier molecular flexibility index (Phi) is 4.97. The van der Waals surface area contributed by atoms with E-state index in [1.165, 1.54) is 30.3 Å². The number of hydrogen-bond acceptors (Lipinski definition) is 4. The number of benzene rings is 2. The number of nitrogens with one attached hydrogen (secondary N) is 2. The average Bonchev–Trinajstić information content (AvgIpc) is 2.49. The number of aryl methyl sites for hydroxylation is 1. The molecule has 2 rings (SSSR count). The Morgan fingerprint density at radius 2 is 1.96 bits per heavy atom. The van der Waals surface area contributed by atoms with Crippen LogP contribution in [0.2, 0.25) is 0 Å². The van der Waals surface area contributed by atoms with E-state index in [2.05, 4.69) is 10.6 Å². The molecule has 0 saturated carbocycles. The van der Waals surface area contributed by atoms with Crippen molar-refractivity contribution >= 4 is 34.6 Å². The molecule has 0 aliphatic heterocycles. The summed E-state index contributed by atoms with van der Waals surface area (Å²) >= 11 is 4.95. The Bertz CT molecular complexity index is 795. The van der Waals surface area contributed by atoms with Gasteiger partial charge in [-0.25, -0.2) is 4.39 Å². The van der Waals surface area contributed by atoms with Gasteiger partial charge in [0.05, 0.1) is 10.5 Å². The van der Waals surface area contributed by atoms with Gasteiger partial charge < -0.3 is 5.32 Å². The fourth-order valence-corrected chi connectivity index (χ4v) is 2.07. The highest BCUT2D eigenvalue weighted by atomic mass is 32.1. The lowest BCUT2D eigenvalue weighted by Gasteiger charge is -2.10. The highest BCUT2D eigenvalue weighted by molar-refractivity contribution is 7.80. The fourth-order valence-electron chi connectivity index (χ4n) is 1.87. The summed E-state index contributed by atoms with van der Waals surface area (Å²) in [5.74, 6) is -1.43. The van der Waals surface area contributed by atoms with Crippen molar-refractivity contribution in [1.82, 2.24) is 5.32 Å². The monoisotopic (exact) mass is 333 g/mol. The van der Waals surface area contributed by atoms with E-state index in [1.807, 2.05) is 0 Å². The number of carbonyl (C=O) groups excluding carboxylic acids is 1. The molecule has 0 radical (unpaired) electrons. The van der Waals surface area contributed by atoms with E-state index in [0.29, 0.717) is 5.56 Å². The summed E-state index contributed by atoms with van der Waals surface area (Å²) in [6.07, 6.45) is 0. The normalized spacial score (nSPS) is 10.0. The summed E-state index contributed by atoms with van der Waals surface area (Å²) in [4.78, 5) is 22.4. The van der Waals surface area contributed by atoms with Gasteiger partial charge >= 0.3 is 0 Å². The van der Waals surface area contributed by atoms with Crippen LogP contribution in [0.15, 0.2) is 42.5 Å². The lowest BCUT2D eigenvalue weighted by Crippen LogP contribution is -2.34. The van der Waals surface area contributed by atoms with Gasteiger partial charge in [-0.1, -0.05) is 18.2 Å². The minimum absolute atomic E-state index is 0.138. The number of nitro groups is 1. The third-order valence-electron chi connectivity index (χ3n) is 2.94. The summed E-state index contributed by atoms with van der Waals surface area (Å²) in [5.41, 5.74) is 0.505. The molecule has 0 fully saturated rings. The summed E-state index contributed by atoms with van der Waals surface area (Å²) < 4.78 is 13.5. The van der Waals surface area contributed by atoms with Crippen LogP contribution in [0.1, 0.15) is 15.9 Å². The molecule has 23 heavy (non-hydrogen) atoms. The minimum Gasteiger partial charge on any atom is -0.327 e. The maximum absolute atomic E-state index is 13.5. The number of rotatable bonds is 3. The first-order valence-electron chi connectivity index (χ1n) is 6.50. The van der Waals surface area contributed by atoms with E-state index in [1.54, 1.807) is 13.0 Å². The largest absolute Gasteiger partial charge is 0.327 e. The van der Waals surface area contributed by atoms with Crippen LogP contribution >= 0.6 is 12.2 Å². The molecule has 6 nitrogen and oxygen atoms in total. The summed E-state index contributed by atoms with van der Waals surface area (Å²) in [6.45, 7) is 1.72. The highest BCUT2D eigenvalue weighted by Crippen LogP contribution is 2.25. The molecular weight excluding hydrogens is 321 g/mol. The van der Waals surface area contributed by atoms with Crippen LogP contribution in [-0.4, -0.2) is 15.9 Å². The van der Waals surface area contributed by atoms with Gasteiger partial charge in [0.2, 0.25) is 0 Å². The van der Waals surface area contributed by atoms with Gasteiger partial charge in [-0.2, -0.15) is 0 Å². The molecular formula is C15H12FN3O3S. The van der Waals surface area contributed by atoms with Crippen molar-refractivity contribution in [3.63, 3.8) is 0 Å². The molecule has 0 saturated heterocycles. The van der Waals surface area contributed by atoms with Crippen molar-refractivity contribution in [3.8, 4) is 0 Å². The smallest absolute Gasteiger partial charge is 0.292 e. The second kappa shape index (κ2) is 6.93. The SMILES string of the molecule is Cc1ccc(NC(=S)NC(=O)c2ccccc2F)c([N+](=O)[O-])c1. The molecule has 0 spiro atoms. The average molecular weight is 333 g/mol. The molecule has 2 N–H and O–H groups in total. The predicted molar refractivity (Wildman–Crippen MR) is 87.9 cm³/mol. The lowest BCUT2D eigenvalue weighted by molar-refractivity contribution is -0.383. The first-order valence-corrected chi connectivity index (χ1v) is 6.91. The molecule has 0 aliphatic carbocycles. The van der Waals surface area contributed by atoms with Gasteiger partial charge in [-0.15, -0.1) is 0 Å². The van der Waals surface area contributed by atoms with Crippen molar-refractivity contribution in [2.45, 2.75) is 6.92 Å². The van der Waals surface area contributed by atoms with Gasteiger partial charge in [0.15, 0.2) is 5.11 Å². The Hall–Kier alpha value is -2.87. The van der Waals surface area contributed by atoms with Gasteiger partial charge in [0, 0.05) is 6.07 Å². The Balaban J connectivity index is 2.13. The Morgan fingerprint density at radius 1 is 1.26 bits per heavy atom. The number of anilines is 1. The number of hydrogen-bond donors (Lipinski definition) is 2. The van der Waals surface area contributed by atoms with E-state index in [0.717, 1.165) is 6.07 Å². The van der Waals surface area contributed by atoms with Gasteiger partial charge in [0.1, 0.15) is 11.5 Å². The summed E-state index contributed by atoms with van der Waals surface area (Å²) in [5, 5.41) is 15.7. The molecule has 0 aliphatic rings. The molecule has 8 heteroatoms. The second-order valence-electron chi connectivity index (χ2n) is 4.67. The van der Waals surface area contributed by atoms with Crippen LogP contribution in [-0.2, 0) is 0 Å². The van der Waals surface area contributed by atoms with Crippen molar-refractivity contribution in [2.75, 3.05) is 5.32 Å². The number of amides is 1. The third-order valence-corrected chi connectivity index (χ3v) is 3.15. The first kappa shape index (κ1) is 16.5. The number of thiocarbonyl (C=S) groups is 1. The van der Waals surface area contributed by atoms with E-state index in [-0.39, 0.29) is 22.1 Å². The van der Waals surface area contributed by atoms with E-state index < -0.39 is 16.6 Å². The Morgan fingerprint density at radius 3 is 2.61 bits per heavy atom. The molecule has 2 aromatic rings. The van der Waals surface area contributed by atoms with Crippen LogP contribution in [0.5, 0.6) is 0 Å². The van der Waals surface area contributed by atoms with Crippen LogP contribution < -0.4 is 10.6 Å². The van der Waals surface area contributed by atoms with E-state index >= 15 is 0 Å². The molecule has 0 aromatic heterocycles. The molecule has 0 bridgehead atoms. The zero-order valence-corrected chi connectivity index (χ0v) is 12.8. The quantitative estimate of drug-likeness (QED) is 0.512. The van der Waals surface area contributed by atoms with Crippen LogP contribution in [0, 0.1) is 22.9 Å². The standard InChI is InChI=1S/C15H12FN3O3S/c1-9-6-7-12(13(8-9)19(21)22)17-15(23)18-14(20)10-4-2-3-5-11(10)16/h2-8H,1H3,(H2,17,18,20,23). The van der Waals surface area contributed by atoms with Gasteiger partial charge in [-0.05, 0) is 42.9 Å². The maximum atomic E-state index is 13.5. The van der Waals surface area contributed by atoms with Crippen LogP contribution in [0.25, 0.3) is 0 Å². The molecule has 0 atom stereocenters. The number of carbonyl (C=O) groups is 1.